The first-order valence-corrected chi connectivity index (χ1v) is 20.3. The number of fused-ring (bicyclic) bond motifs is 1. The number of rotatable bonds is 18. The molecule has 2 heterocycles. The summed E-state index contributed by atoms with van der Waals surface area (Å²) in [6, 6.07) is 26.1. The fourth-order valence-electron chi connectivity index (χ4n) is 8.04. The van der Waals surface area contributed by atoms with E-state index in [1.807, 2.05) is 20.8 Å². The molecule has 1 aliphatic heterocycles. The Morgan fingerprint density at radius 3 is 2.20 bits per heavy atom. The van der Waals surface area contributed by atoms with Crippen LogP contribution < -0.4 is 0 Å². The van der Waals surface area contributed by atoms with Gasteiger partial charge in [-0.2, -0.15) is 0 Å². The van der Waals surface area contributed by atoms with Crippen molar-refractivity contribution in [1.29, 1.82) is 0 Å². The lowest BCUT2D eigenvalue weighted by atomic mass is 9.78. The summed E-state index contributed by atoms with van der Waals surface area (Å²) in [6.45, 7) is 12.4. The normalized spacial score (nSPS) is 17.4. The van der Waals surface area contributed by atoms with E-state index in [9.17, 15) is 4.79 Å². The highest BCUT2D eigenvalue weighted by molar-refractivity contribution is 5.86. The van der Waals surface area contributed by atoms with Crippen LogP contribution in [-0.4, -0.2) is 110 Å². The molecule has 1 aromatic heterocycles. The van der Waals surface area contributed by atoms with E-state index in [0.717, 1.165) is 67.7 Å². The fraction of sp³-hybridized carbons (Fsp3) is 0.522. The maximum atomic E-state index is 15.1. The van der Waals surface area contributed by atoms with Crippen molar-refractivity contribution in [2.24, 2.45) is 5.92 Å². The summed E-state index contributed by atoms with van der Waals surface area (Å²) in [6.07, 6.45) is 5.43. The Balaban J connectivity index is 1.29. The zero-order valence-corrected chi connectivity index (χ0v) is 34.4. The summed E-state index contributed by atoms with van der Waals surface area (Å²) >= 11 is 0. The summed E-state index contributed by atoms with van der Waals surface area (Å²) in [5.74, 6) is -0.357. The highest BCUT2D eigenvalue weighted by atomic mass is 16.6. The van der Waals surface area contributed by atoms with Crippen LogP contribution in [0.4, 0.5) is 4.79 Å². The molecule has 1 saturated carbocycles. The SMILES string of the molecule is COCCCn1cc(CN(C(=O)[C@H]2CN(C(=O)OC(C)(C)C)CC[C@@H]2c2cccc(-c3cccc(CN(CCOC)CCOC)c3)c2)C2CC2)c2ccccc21. The van der Waals surface area contributed by atoms with Crippen molar-refractivity contribution in [3.05, 3.63) is 95.7 Å². The standard InChI is InChI=1S/C46H62N4O6/c1-46(2,3)56-45(52)49-22-20-40(37-15-10-14-36(29-37)35-13-9-12-34(28-35)30-47(23-26-54-5)24-27-55-6)42(33-49)44(51)50(39-18-19-39)32-38-31-48(21-11-25-53-4)43-17-8-7-16-41(38)43/h7-10,12-17,28-29,31,39-40,42H,11,18-27,30,32-33H2,1-6H3/t40-,42+/m1/s1. The van der Waals surface area contributed by atoms with Gasteiger partial charge in [0.05, 0.1) is 19.1 Å². The number of hydrogen-bond donors (Lipinski definition) is 0. The Morgan fingerprint density at radius 1 is 0.804 bits per heavy atom. The van der Waals surface area contributed by atoms with Gasteiger partial charge >= 0.3 is 6.09 Å². The number of amides is 2. The van der Waals surface area contributed by atoms with E-state index in [4.69, 9.17) is 18.9 Å². The second-order valence-corrected chi connectivity index (χ2v) is 16.4. The number of likely N-dealkylation sites (tertiary alicyclic amines) is 1. The Hall–Kier alpha value is -4.22. The number of carbonyl (C=O) groups is 2. The van der Waals surface area contributed by atoms with E-state index < -0.39 is 11.5 Å². The molecule has 4 aromatic rings. The molecule has 1 aliphatic carbocycles. The molecule has 2 aliphatic rings. The predicted octanol–water partition coefficient (Wildman–Crippen LogP) is 7.97. The maximum Gasteiger partial charge on any atom is 0.410 e. The molecule has 0 radical (unpaired) electrons. The van der Waals surface area contributed by atoms with Gasteiger partial charge < -0.3 is 33.3 Å². The number of nitrogens with zero attached hydrogens (tertiary/aromatic N) is 4. The quantitative estimate of drug-likeness (QED) is 0.0951. The molecule has 2 amide bonds. The van der Waals surface area contributed by atoms with Gasteiger partial charge in [-0.3, -0.25) is 9.69 Å². The van der Waals surface area contributed by atoms with Gasteiger partial charge in [0.25, 0.3) is 0 Å². The fourth-order valence-corrected chi connectivity index (χ4v) is 8.04. The monoisotopic (exact) mass is 766 g/mol. The minimum Gasteiger partial charge on any atom is -0.444 e. The second kappa shape index (κ2) is 19.3. The minimum atomic E-state index is -0.627. The first-order chi connectivity index (χ1) is 27.1. The molecular formula is C46H62N4O6. The van der Waals surface area contributed by atoms with Crippen LogP contribution in [0.15, 0.2) is 79.0 Å². The summed E-state index contributed by atoms with van der Waals surface area (Å²) in [5.41, 5.74) is 6.30. The van der Waals surface area contributed by atoms with Crippen molar-refractivity contribution in [2.45, 2.75) is 83.6 Å². The molecule has 6 rings (SSSR count). The van der Waals surface area contributed by atoms with Gasteiger partial charge in [-0.25, -0.2) is 4.79 Å². The molecule has 302 valence electrons. The minimum absolute atomic E-state index is 0.0560. The number of methoxy groups -OCH3 is 3. The van der Waals surface area contributed by atoms with Crippen LogP contribution in [0, 0.1) is 5.92 Å². The number of aryl methyl sites for hydroxylation is 1. The molecule has 2 fully saturated rings. The van der Waals surface area contributed by atoms with Gasteiger partial charge in [0.1, 0.15) is 5.60 Å². The van der Waals surface area contributed by atoms with E-state index in [1.165, 1.54) is 16.5 Å². The van der Waals surface area contributed by atoms with Crippen LogP contribution >= 0.6 is 0 Å². The lowest BCUT2D eigenvalue weighted by Gasteiger charge is -2.40. The van der Waals surface area contributed by atoms with Gasteiger partial charge in [-0.05, 0) is 92.3 Å². The van der Waals surface area contributed by atoms with Crippen molar-refractivity contribution in [3.8, 4) is 11.1 Å². The number of hydrogen-bond acceptors (Lipinski definition) is 7. The van der Waals surface area contributed by atoms with Crippen molar-refractivity contribution in [1.82, 2.24) is 19.3 Å². The number of ether oxygens (including phenoxy) is 4. The van der Waals surface area contributed by atoms with Crippen molar-refractivity contribution in [3.63, 3.8) is 0 Å². The van der Waals surface area contributed by atoms with E-state index in [1.54, 1.807) is 26.2 Å². The van der Waals surface area contributed by atoms with Crippen molar-refractivity contribution >= 4 is 22.9 Å². The second-order valence-electron chi connectivity index (χ2n) is 16.4. The zero-order chi connectivity index (χ0) is 39.7. The maximum absolute atomic E-state index is 15.1. The van der Waals surface area contributed by atoms with Gasteiger partial charge in [0.2, 0.25) is 5.91 Å². The number of para-hydroxylation sites is 1. The average Bonchev–Trinajstić information content (AvgIpc) is 3.99. The highest BCUT2D eigenvalue weighted by Crippen LogP contribution is 2.40. The summed E-state index contributed by atoms with van der Waals surface area (Å²) in [5, 5.41) is 1.18. The largest absolute Gasteiger partial charge is 0.444 e. The third-order valence-corrected chi connectivity index (χ3v) is 11.0. The summed E-state index contributed by atoms with van der Waals surface area (Å²) < 4.78 is 24.2. The number of carbonyl (C=O) groups excluding carboxylic acids is 2. The molecule has 2 atom stereocenters. The lowest BCUT2D eigenvalue weighted by Crippen LogP contribution is -2.51. The molecule has 3 aromatic carbocycles. The van der Waals surface area contributed by atoms with Crippen LogP contribution in [0.3, 0.4) is 0 Å². The summed E-state index contributed by atoms with van der Waals surface area (Å²) in [4.78, 5) is 34.8. The van der Waals surface area contributed by atoms with E-state index in [-0.39, 0.29) is 24.0 Å². The highest BCUT2D eigenvalue weighted by Gasteiger charge is 2.43. The molecule has 0 spiro atoms. The third kappa shape index (κ3) is 10.8. The van der Waals surface area contributed by atoms with Crippen LogP contribution in [0.5, 0.6) is 0 Å². The average molecular weight is 767 g/mol. The van der Waals surface area contributed by atoms with Crippen LogP contribution in [-0.2, 0) is 43.4 Å². The number of piperidine rings is 1. The first-order valence-electron chi connectivity index (χ1n) is 20.3. The molecule has 10 heteroatoms. The number of benzene rings is 3. The smallest absolute Gasteiger partial charge is 0.410 e. The van der Waals surface area contributed by atoms with Crippen molar-refractivity contribution < 1.29 is 28.5 Å². The van der Waals surface area contributed by atoms with Gasteiger partial charge in [-0.1, -0.05) is 60.7 Å². The summed E-state index contributed by atoms with van der Waals surface area (Å²) in [7, 11) is 5.20. The number of aromatic nitrogens is 1. The van der Waals surface area contributed by atoms with Crippen LogP contribution in [0.25, 0.3) is 22.0 Å². The molecule has 0 unspecified atom stereocenters. The Bertz CT molecular complexity index is 1890. The molecule has 0 bridgehead atoms. The van der Waals surface area contributed by atoms with Crippen LogP contribution in [0.1, 0.15) is 69.1 Å². The van der Waals surface area contributed by atoms with E-state index >= 15 is 4.79 Å². The van der Waals surface area contributed by atoms with Gasteiger partial charge in [-0.15, -0.1) is 0 Å². The van der Waals surface area contributed by atoms with Gasteiger partial charge in [0.15, 0.2) is 0 Å². The molecule has 10 nitrogen and oxygen atoms in total. The topological polar surface area (TPSA) is 85.7 Å². The Morgan fingerprint density at radius 2 is 1.50 bits per heavy atom. The first kappa shape index (κ1) is 41.4. The predicted molar refractivity (Wildman–Crippen MR) is 222 cm³/mol. The molecule has 0 N–H and O–H groups in total. The van der Waals surface area contributed by atoms with E-state index in [2.05, 4.69) is 93.4 Å². The Kier molecular flexibility index (Phi) is 14.3. The molecule has 56 heavy (non-hydrogen) atoms. The lowest BCUT2D eigenvalue weighted by molar-refractivity contribution is -0.139. The zero-order valence-electron chi connectivity index (χ0n) is 34.4. The van der Waals surface area contributed by atoms with Gasteiger partial charge in [0, 0.05) is 96.9 Å². The third-order valence-electron chi connectivity index (χ3n) is 11.0. The van der Waals surface area contributed by atoms with Crippen molar-refractivity contribution in [2.75, 3.05) is 67.3 Å². The van der Waals surface area contributed by atoms with Crippen LogP contribution in [0.2, 0.25) is 0 Å². The Labute approximate surface area is 333 Å². The molecular weight excluding hydrogens is 705 g/mol. The molecule has 1 saturated heterocycles. The van der Waals surface area contributed by atoms with E-state index in [0.29, 0.717) is 45.9 Å².